The molecule has 0 bridgehead atoms. The molecule has 1 aromatic heterocycles. The SMILES string of the molecule is CN(C)CCN(Cc1cccc(C#N)c1)C(=O)CCCc1ccccn1. The molecule has 1 amide bonds. The van der Waals surface area contributed by atoms with Gasteiger partial charge in [0.2, 0.25) is 5.91 Å². The van der Waals surface area contributed by atoms with Crippen LogP contribution in [-0.2, 0) is 17.8 Å². The number of nitriles is 1. The number of hydrogen-bond acceptors (Lipinski definition) is 4. The minimum atomic E-state index is 0.144. The number of aromatic nitrogens is 1. The number of rotatable bonds is 9. The van der Waals surface area contributed by atoms with Gasteiger partial charge in [-0.05, 0) is 56.8 Å². The topological polar surface area (TPSA) is 60.2 Å². The maximum Gasteiger partial charge on any atom is 0.222 e. The molecule has 0 spiro atoms. The highest BCUT2D eigenvalue weighted by molar-refractivity contribution is 5.76. The van der Waals surface area contributed by atoms with Gasteiger partial charge >= 0.3 is 0 Å². The third-order valence-electron chi connectivity index (χ3n) is 4.15. The van der Waals surface area contributed by atoms with Crippen LogP contribution >= 0.6 is 0 Å². The summed E-state index contributed by atoms with van der Waals surface area (Å²) in [5.41, 5.74) is 2.63. The fourth-order valence-electron chi connectivity index (χ4n) is 2.70. The summed E-state index contributed by atoms with van der Waals surface area (Å²) in [7, 11) is 4.00. The Balaban J connectivity index is 1.95. The molecule has 1 aromatic carbocycles. The predicted octanol–water partition coefficient (Wildman–Crippen LogP) is 2.87. The van der Waals surface area contributed by atoms with Gasteiger partial charge in [-0.2, -0.15) is 5.26 Å². The van der Waals surface area contributed by atoms with Crippen LogP contribution in [0.25, 0.3) is 0 Å². The van der Waals surface area contributed by atoms with E-state index in [1.54, 1.807) is 12.3 Å². The van der Waals surface area contributed by atoms with Crippen LogP contribution in [0.3, 0.4) is 0 Å². The summed E-state index contributed by atoms with van der Waals surface area (Å²) in [4.78, 5) is 21.0. The number of pyridine rings is 1. The molecule has 2 aromatic rings. The van der Waals surface area contributed by atoms with Gasteiger partial charge in [-0.25, -0.2) is 0 Å². The Labute approximate surface area is 155 Å². The van der Waals surface area contributed by atoms with Crippen molar-refractivity contribution in [2.24, 2.45) is 0 Å². The van der Waals surface area contributed by atoms with Gasteiger partial charge < -0.3 is 9.80 Å². The maximum atomic E-state index is 12.7. The van der Waals surface area contributed by atoms with Gasteiger partial charge in [0.1, 0.15) is 0 Å². The number of carbonyl (C=O) groups is 1. The summed E-state index contributed by atoms with van der Waals surface area (Å²) in [6, 6.07) is 15.5. The largest absolute Gasteiger partial charge is 0.337 e. The summed E-state index contributed by atoms with van der Waals surface area (Å²) in [5, 5.41) is 9.06. The maximum absolute atomic E-state index is 12.7. The summed E-state index contributed by atoms with van der Waals surface area (Å²) in [5.74, 6) is 0.144. The lowest BCUT2D eigenvalue weighted by Gasteiger charge is -2.25. The molecule has 0 unspecified atom stereocenters. The van der Waals surface area contributed by atoms with E-state index >= 15 is 0 Å². The van der Waals surface area contributed by atoms with Crippen molar-refractivity contribution in [2.45, 2.75) is 25.8 Å². The lowest BCUT2D eigenvalue weighted by Crippen LogP contribution is -2.36. The highest BCUT2D eigenvalue weighted by Crippen LogP contribution is 2.11. The normalized spacial score (nSPS) is 10.5. The van der Waals surface area contributed by atoms with E-state index < -0.39 is 0 Å². The zero-order chi connectivity index (χ0) is 18.8. The van der Waals surface area contributed by atoms with Crippen LogP contribution in [0.15, 0.2) is 48.7 Å². The smallest absolute Gasteiger partial charge is 0.222 e. The van der Waals surface area contributed by atoms with E-state index in [0.717, 1.165) is 30.6 Å². The van der Waals surface area contributed by atoms with Crippen LogP contribution in [0.5, 0.6) is 0 Å². The molecule has 0 aliphatic rings. The second-order valence-electron chi connectivity index (χ2n) is 6.61. The van der Waals surface area contributed by atoms with E-state index in [2.05, 4.69) is 16.0 Å². The van der Waals surface area contributed by atoms with Gasteiger partial charge in [-0.1, -0.05) is 18.2 Å². The first kappa shape index (κ1) is 19.6. The molecule has 0 radical (unpaired) electrons. The van der Waals surface area contributed by atoms with Crippen molar-refractivity contribution in [2.75, 3.05) is 27.2 Å². The van der Waals surface area contributed by atoms with Crippen LogP contribution in [0.4, 0.5) is 0 Å². The average molecular weight is 350 g/mol. The molecule has 1 heterocycles. The third kappa shape index (κ3) is 6.66. The zero-order valence-corrected chi connectivity index (χ0v) is 15.6. The van der Waals surface area contributed by atoms with Gasteiger partial charge in [0.05, 0.1) is 11.6 Å². The van der Waals surface area contributed by atoms with Gasteiger partial charge in [0, 0.05) is 37.9 Å². The Bertz CT molecular complexity index is 737. The molecule has 136 valence electrons. The Morgan fingerprint density at radius 3 is 2.69 bits per heavy atom. The molecule has 0 aliphatic carbocycles. The highest BCUT2D eigenvalue weighted by atomic mass is 16.2. The second kappa shape index (κ2) is 10.3. The minimum absolute atomic E-state index is 0.144. The van der Waals surface area contributed by atoms with Crippen LogP contribution in [0, 0.1) is 11.3 Å². The molecule has 0 N–H and O–H groups in total. The van der Waals surface area contributed by atoms with Crippen molar-refractivity contribution < 1.29 is 4.79 Å². The number of amides is 1. The van der Waals surface area contributed by atoms with E-state index in [1.807, 2.05) is 55.4 Å². The van der Waals surface area contributed by atoms with Crippen molar-refractivity contribution in [1.29, 1.82) is 5.26 Å². The molecule has 0 saturated carbocycles. The Morgan fingerprint density at radius 1 is 1.15 bits per heavy atom. The first-order valence-electron chi connectivity index (χ1n) is 8.90. The van der Waals surface area contributed by atoms with Crippen LogP contribution in [-0.4, -0.2) is 47.9 Å². The van der Waals surface area contributed by atoms with Gasteiger partial charge in [0.25, 0.3) is 0 Å². The number of aryl methyl sites for hydroxylation is 1. The van der Waals surface area contributed by atoms with Crippen LogP contribution in [0.2, 0.25) is 0 Å². The van der Waals surface area contributed by atoms with Gasteiger partial charge in [-0.15, -0.1) is 0 Å². The third-order valence-corrected chi connectivity index (χ3v) is 4.15. The molecule has 0 aliphatic heterocycles. The first-order valence-corrected chi connectivity index (χ1v) is 8.90. The summed E-state index contributed by atoms with van der Waals surface area (Å²) in [6.45, 7) is 2.02. The number of likely N-dealkylation sites (N-methyl/N-ethyl adjacent to an activating group) is 1. The molecule has 0 fully saturated rings. The summed E-state index contributed by atoms with van der Waals surface area (Å²) < 4.78 is 0. The van der Waals surface area contributed by atoms with E-state index in [-0.39, 0.29) is 5.91 Å². The number of carbonyl (C=O) groups excluding carboxylic acids is 1. The number of hydrogen-bond donors (Lipinski definition) is 0. The van der Waals surface area contributed by atoms with Crippen molar-refractivity contribution in [3.63, 3.8) is 0 Å². The van der Waals surface area contributed by atoms with Crippen LogP contribution < -0.4 is 0 Å². The Kier molecular flexibility index (Phi) is 7.78. The average Bonchev–Trinajstić information content (AvgIpc) is 2.66. The molecular weight excluding hydrogens is 324 g/mol. The van der Waals surface area contributed by atoms with E-state index in [4.69, 9.17) is 5.26 Å². The fourth-order valence-corrected chi connectivity index (χ4v) is 2.70. The molecule has 0 saturated heterocycles. The molecule has 2 rings (SSSR count). The second-order valence-corrected chi connectivity index (χ2v) is 6.61. The fraction of sp³-hybridized carbons (Fsp3) is 0.381. The lowest BCUT2D eigenvalue weighted by atomic mass is 10.1. The number of nitrogens with zero attached hydrogens (tertiary/aromatic N) is 4. The Hall–Kier alpha value is -2.71. The molecule has 5 nitrogen and oxygen atoms in total. The standard InChI is InChI=1S/C21H26N4O/c1-24(2)13-14-25(17-19-8-5-7-18(15-19)16-22)21(26)11-6-10-20-9-3-4-12-23-20/h3-5,7-9,12,15H,6,10-11,13-14,17H2,1-2H3. The van der Waals surface area contributed by atoms with Gasteiger partial charge in [0.15, 0.2) is 0 Å². The lowest BCUT2D eigenvalue weighted by molar-refractivity contribution is -0.132. The number of benzene rings is 1. The van der Waals surface area contributed by atoms with E-state index in [1.165, 1.54) is 0 Å². The monoisotopic (exact) mass is 350 g/mol. The highest BCUT2D eigenvalue weighted by Gasteiger charge is 2.14. The summed E-state index contributed by atoms with van der Waals surface area (Å²) in [6.07, 6.45) is 3.87. The van der Waals surface area contributed by atoms with Crippen molar-refractivity contribution in [3.05, 3.63) is 65.5 Å². The molecular formula is C21H26N4O. The van der Waals surface area contributed by atoms with Crippen molar-refractivity contribution in [1.82, 2.24) is 14.8 Å². The minimum Gasteiger partial charge on any atom is -0.337 e. The first-order chi connectivity index (χ1) is 12.6. The summed E-state index contributed by atoms with van der Waals surface area (Å²) >= 11 is 0. The van der Waals surface area contributed by atoms with Gasteiger partial charge in [-0.3, -0.25) is 9.78 Å². The van der Waals surface area contributed by atoms with Crippen molar-refractivity contribution in [3.8, 4) is 6.07 Å². The molecule has 0 atom stereocenters. The zero-order valence-electron chi connectivity index (χ0n) is 15.6. The predicted molar refractivity (Wildman–Crippen MR) is 102 cm³/mol. The van der Waals surface area contributed by atoms with Crippen molar-refractivity contribution >= 4 is 5.91 Å². The van der Waals surface area contributed by atoms with E-state index in [0.29, 0.717) is 25.1 Å². The quantitative estimate of drug-likeness (QED) is 0.698. The van der Waals surface area contributed by atoms with Crippen LogP contribution in [0.1, 0.15) is 29.7 Å². The van der Waals surface area contributed by atoms with E-state index in [9.17, 15) is 4.79 Å². The molecule has 5 heteroatoms. The molecule has 26 heavy (non-hydrogen) atoms. The Morgan fingerprint density at radius 2 is 2.00 bits per heavy atom.